The number of rotatable bonds is 6. The van der Waals surface area contributed by atoms with E-state index in [4.69, 9.17) is 4.74 Å². The van der Waals surface area contributed by atoms with Crippen molar-refractivity contribution in [1.82, 2.24) is 15.5 Å². The quantitative estimate of drug-likeness (QED) is 0.748. The van der Waals surface area contributed by atoms with Crippen molar-refractivity contribution in [2.45, 2.75) is 45.8 Å². The van der Waals surface area contributed by atoms with Crippen LogP contribution < -0.4 is 10.6 Å². The highest BCUT2D eigenvalue weighted by atomic mass is 16.5. The molecule has 1 aliphatic rings. The number of urea groups is 1. The third-order valence-electron chi connectivity index (χ3n) is 2.98. The van der Waals surface area contributed by atoms with Crippen LogP contribution in [0.15, 0.2) is 0 Å². The van der Waals surface area contributed by atoms with Crippen LogP contribution in [0.4, 0.5) is 4.79 Å². The van der Waals surface area contributed by atoms with Crippen molar-refractivity contribution in [3.8, 4) is 0 Å². The van der Waals surface area contributed by atoms with Crippen molar-refractivity contribution in [2.24, 2.45) is 0 Å². The summed E-state index contributed by atoms with van der Waals surface area (Å²) in [5.74, 6) is 0.0153. The molecule has 0 aromatic rings. The number of ether oxygens (including phenoxy) is 1. The van der Waals surface area contributed by atoms with E-state index in [1.165, 1.54) is 0 Å². The van der Waals surface area contributed by atoms with E-state index in [1.54, 1.807) is 11.8 Å². The molecular formula is C13H25N3O3. The Hall–Kier alpha value is -1.30. The van der Waals surface area contributed by atoms with Crippen molar-refractivity contribution >= 4 is 11.9 Å². The van der Waals surface area contributed by atoms with Gasteiger partial charge in [0.15, 0.2) is 0 Å². The Balaban J connectivity index is 2.25. The van der Waals surface area contributed by atoms with Crippen LogP contribution in [0.3, 0.4) is 0 Å². The van der Waals surface area contributed by atoms with Gasteiger partial charge >= 0.3 is 6.03 Å². The minimum atomic E-state index is -0.199. The van der Waals surface area contributed by atoms with Gasteiger partial charge in [-0.05, 0) is 26.7 Å². The van der Waals surface area contributed by atoms with Crippen molar-refractivity contribution in [1.29, 1.82) is 0 Å². The zero-order valence-corrected chi connectivity index (χ0v) is 12.1. The van der Waals surface area contributed by atoms with Gasteiger partial charge in [-0.15, -0.1) is 0 Å². The standard InChI is InChI=1S/C13H25N3O3/c1-10(2)15-13(18)14-6-7-16(11(3)17)9-12-5-4-8-19-12/h10,12H,4-9H2,1-3H3,(H2,14,15,18). The molecule has 1 fully saturated rings. The van der Waals surface area contributed by atoms with E-state index in [0.717, 1.165) is 19.4 Å². The van der Waals surface area contributed by atoms with E-state index >= 15 is 0 Å². The van der Waals surface area contributed by atoms with Gasteiger partial charge in [-0.1, -0.05) is 0 Å². The largest absolute Gasteiger partial charge is 0.376 e. The van der Waals surface area contributed by atoms with Gasteiger partial charge < -0.3 is 20.3 Å². The Kier molecular flexibility index (Phi) is 6.62. The molecule has 1 unspecified atom stereocenters. The van der Waals surface area contributed by atoms with Gasteiger partial charge in [-0.3, -0.25) is 4.79 Å². The Morgan fingerprint density at radius 1 is 1.42 bits per heavy atom. The fourth-order valence-corrected chi connectivity index (χ4v) is 2.03. The van der Waals surface area contributed by atoms with Crippen LogP contribution in [-0.4, -0.2) is 55.2 Å². The van der Waals surface area contributed by atoms with Gasteiger partial charge in [-0.2, -0.15) is 0 Å². The summed E-state index contributed by atoms with van der Waals surface area (Å²) in [5, 5.41) is 5.48. The zero-order valence-electron chi connectivity index (χ0n) is 12.1. The molecule has 0 aromatic heterocycles. The van der Waals surface area contributed by atoms with E-state index in [9.17, 15) is 9.59 Å². The highest BCUT2D eigenvalue weighted by Crippen LogP contribution is 2.13. The summed E-state index contributed by atoms with van der Waals surface area (Å²) in [6.07, 6.45) is 2.21. The minimum Gasteiger partial charge on any atom is -0.376 e. The van der Waals surface area contributed by atoms with E-state index in [1.807, 2.05) is 13.8 Å². The lowest BCUT2D eigenvalue weighted by Crippen LogP contribution is -2.45. The van der Waals surface area contributed by atoms with E-state index in [0.29, 0.717) is 19.6 Å². The third kappa shape index (κ3) is 6.42. The molecule has 6 nitrogen and oxygen atoms in total. The van der Waals surface area contributed by atoms with Crippen molar-refractivity contribution in [3.63, 3.8) is 0 Å². The Morgan fingerprint density at radius 2 is 2.16 bits per heavy atom. The highest BCUT2D eigenvalue weighted by molar-refractivity contribution is 5.75. The van der Waals surface area contributed by atoms with Crippen LogP contribution in [0.1, 0.15) is 33.6 Å². The molecule has 1 rings (SSSR count). The number of nitrogens with one attached hydrogen (secondary N) is 2. The molecule has 0 aromatic carbocycles. The molecule has 2 N–H and O–H groups in total. The smallest absolute Gasteiger partial charge is 0.315 e. The number of nitrogens with zero attached hydrogens (tertiary/aromatic N) is 1. The second kappa shape index (κ2) is 7.99. The Morgan fingerprint density at radius 3 is 2.68 bits per heavy atom. The van der Waals surface area contributed by atoms with E-state index in [2.05, 4.69) is 10.6 Å². The molecule has 0 spiro atoms. The zero-order chi connectivity index (χ0) is 14.3. The molecule has 1 aliphatic heterocycles. The summed E-state index contributed by atoms with van der Waals surface area (Å²) < 4.78 is 5.52. The fourth-order valence-electron chi connectivity index (χ4n) is 2.03. The van der Waals surface area contributed by atoms with Crippen molar-refractivity contribution in [2.75, 3.05) is 26.2 Å². The third-order valence-corrected chi connectivity index (χ3v) is 2.98. The number of carbonyl (C=O) groups excluding carboxylic acids is 2. The maximum absolute atomic E-state index is 11.5. The lowest BCUT2D eigenvalue weighted by Gasteiger charge is -2.24. The lowest BCUT2D eigenvalue weighted by molar-refractivity contribution is -0.130. The molecule has 1 saturated heterocycles. The average molecular weight is 271 g/mol. The molecule has 3 amide bonds. The second-order valence-corrected chi connectivity index (χ2v) is 5.16. The molecule has 1 heterocycles. The molecule has 0 aliphatic carbocycles. The minimum absolute atomic E-state index is 0.0153. The van der Waals surface area contributed by atoms with Crippen LogP contribution in [0, 0.1) is 0 Å². The molecule has 6 heteroatoms. The van der Waals surface area contributed by atoms with Gasteiger partial charge in [0.25, 0.3) is 0 Å². The topological polar surface area (TPSA) is 70.7 Å². The monoisotopic (exact) mass is 271 g/mol. The number of carbonyl (C=O) groups is 2. The van der Waals surface area contributed by atoms with Crippen molar-refractivity contribution < 1.29 is 14.3 Å². The average Bonchev–Trinajstić information content (AvgIpc) is 2.79. The maximum Gasteiger partial charge on any atom is 0.315 e. The number of hydrogen-bond donors (Lipinski definition) is 2. The second-order valence-electron chi connectivity index (χ2n) is 5.16. The summed E-state index contributed by atoms with van der Waals surface area (Å²) in [5.41, 5.74) is 0. The van der Waals surface area contributed by atoms with Gasteiger partial charge in [0.2, 0.25) is 5.91 Å². The first-order valence-electron chi connectivity index (χ1n) is 6.90. The van der Waals surface area contributed by atoms with Gasteiger partial charge in [0.1, 0.15) is 0 Å². The predicted octanol–water partition coefficient (Wildman–Crippen LogP) is 0.722. The van der Waals surface area contributed by atoms with Crippen LogP contribution >= 0.6 is 0 Å². The van der Waals surface area contributed by atoms with Crippen molar-refractivity contribution in [3.05, 3.63) is 0 Å². The van der Waals surface area contributed by atoms with Crippen LogP contribution in [0.2, 0.25) is 0 Å². The fraction of sp³-hybridized carbons (Fsp3) is 0.846. The van der Waals surface area contributed by atoms with Crippen LogP contribution in [0.25, 0.3) is 0 Å². The summed E-state index contributed by atoms with van der Waals surface area (Å²) >= 11 is 0. The summed E-state index contributed by atoms with van der Waals surface area (Å²) in [4.78, 5) is 24.7. The summed E-state index contributed by atoms with van der Waals surface area (Å²) in [6, 6.07) is -0.0913. The first-order chi connectivity index (χ1) is 8.99. The van der Waals surface area contributed by atoms with Gasteiger partial charge in [0.05, 0.1) is 6.10 Å². The van der Waals surface area contributed by atoms with Gasteiger partial charge in [0, 0.05) is 39.2 Å². The summed E-state index contributed by atoms with van der Waals surface area (Å²) in [6.45, 7) is 7.71. The Bertz CT molecular complexity index is 302. The van der Waals surface area contributed by atoms with Crippen LogP contribution in [-0.2, 0) is 9.53 Å². The maximum atomic E-state index is 11.5. The summed E-state index contributed by atoms with van der Waals surface area (Å²) in [7, 11) is 0. The Labute approximate surface area is 114 Å². The molecule has 19 heavy (non-hydrogen) atoms. The SMILES string of the molecule is CC(=O)N(CCNC(=O)NC(C)C)CC1CCCO1. The number of amides is 3. The molecule has 0 bridgehead atoms. The first kappa shape index (κ1) is 15.8. The van der Waals surface area contributed by atoms with E-state index < -0.39 is 0 Å². The number of hydrogen-bond acceptors (Lipinski definition) is 3. The normalized spacial score (nSPS) is 18.4. The van der Waals surface area contributed by atoms with E-state index in [-0.39, 0.29) is 24.1 Å². The molecule has 110 valence electrons. The molecule has 0 saturated carbocycles. The van der Waals surface area contributed by atoms with Crippen LogP contribution in [0.5, 0.6) is 0 Å². The highest BCUT2D eigenvalue weighted by Gasteiger charge is 2.20. The lowest BCUT2D eigenvalue weighted by atomic mass is 10.2. The molecule has 0 radical (unpaired) electrons. The van der Waals surface area contributed by atoms with Gasteiger partial charge in [-0.25, -0.2) is 4.79 Å². The first-order valence-corrected chi connectivity index (χ1v) is 6.90. The molecule has 1 atom stereocenters. The predicted molar refractivity (Wildman–Crippen MR) is 72.9 cm³/mol. The molecular weight excluding hydrogens is 246 g/mol.